The van der Waals surface area contributed by atoms with Gasteiger partial charge in [0.15, 0.2) is 0 Å². The molecule has 0 aromatic carbocycles. The van der Waals surface area contributed by atoms with Crippen LogP contribution < -0.4 is 5.32 Å². The summed E-state index contributed by atoms with van der Waals surface area (Å²) >= 11 is 1.87. The standard InChI is InChI=1S/C11H21N3S/c1-5-14-10(3)11(9(2)13-14)8-12-6-7-15-4/h12H,5-8H2,1-4H3. The first kappa shape index (κ1) is 12.6. The molecule has 0 saturated heterocycles. The highest BCUT2D eigenvalue weighted by Gasteiger charge is 2.09. The van der Waals surface area contributed by atoms with Gasteiger partial charge in [-0.25, -0.2) is 0 Å². The van der Waals surface area contributed by atoms with Crippen molar-refractivity contribution in [1.29, 1.82) is 0 Å². The fourth-order valence-corrected chi connectivity index (χ4v) is 2.03. The largest absolute Gasteiger partial charge is 0.312 e. The maximum atomic E-state index is 4.50. The summed E-state index contributed by atoms with van der Waals surface area (Å²) in [6.45, 7) is 9.33. The number of aryl methyl sites for hydroxylation is 2. The van der Waals surface area contributed by atoms with Crippen LogP contribution in [0.2, 0.25) is 0 Å². The Bertz CT molecular complexity index is 307. The molecule has 0 aliphatic carbocycles. The SMILES string of the molecule is CCn1nc(C)c(CNCCSC)c1C. The summed E-state index contributed by atoms with van der Waals surface area (Å²) in [4.78, 5) is 0. The van der Waals surface area contributed by atoms with Crippen molar-refractivity contribution in [2.75, 3.05) is 18.6 Å². The van der Waals surface area contributed by atoms with E-state index in [-0.39, 0.29) is 0 Å². The van der Waals surface area contributed by atoms with Crippen LogP contribution in [0.15, 0.2) is 0 Å². The Morgan fingerprint density at radius 2 is 2.13 bits per heavy atom. The Kier molecular flexibility index (Phi) is 5.19. The molecule has 0 radical (unpaired) electrons. The summed E-state index contributed by atoms with van der Waals surface area (Å²) < 4.78 is 2.07. The van der Waals surface area contributed by atoms with Gasteiger partial charge >= 0.3 is 0 Å². The van der Waals surface area contributed by atoms with Crippen LogP contribution in [0, 0.1) is 13.8 Å². The average Bonchev–Trinajstić information content (AvgIpc) is 2.50. The van der Waals surface area contributed by atoms with Gasteiger partial charge in [-0.2, -0.15) is 16.9 Å². The van der Waals surface area contributed by atoms with E-state index in [1.54, 1.807) is 0 Å². The van der Waals surface area contributed by atoms with Crippen LogP contribution in [0.4, 0.5) is 0 Å². The minimum absolute atomic E-state index is 0.943. The Morgan fingerprint density at radius 1 is 1.40 bits per heavy atom. The summed E-state index contributed by atoms with van der Waals surface area (Å²) in [5.41, 5.74) is 3.82. The molecule has 0 atom stereocenters. The molecule has 1 aromatic heterocycles. The lowest BCUT2D eigenvalue weighted by Crippen LogP contribution is -2.17. The smallest absolute Gasteiger partial charge is 0.0641 e. The molecule has 0 amide bonds. The second kappa shape index (κ2) is 6.18. The zero-order valence-electron chi connectivity index (χ0n) is 10.1. The second-order valence-corrected chi connectivity index (χ2v) is 4.62. The van der Waals surface area contributed by atoms with Gasteiger partial charge in [-0.15, -0.1) is 0 Å². The monoisotopic (exact) mass is 227 g/mol. The highest BCUT2D eigenvalue weighted by molar-refractivity contribution is 7.98. The van der Waals surface area contributed by atoms with Gasteiger partial charge in [0.2, 0.25) is 0 Å². The minimum atomic E-state index is 0.943. The first-order valence-electron chi connectivity index (χ1n) is 5.43. The Hall–Kier alpha value is -0.480. The van der Waals surface area contributed by atoms with Crippen LogP contribution >= 0.6 is 11.8 Å². The highest BCUT2D eigenvalue weighted by atomic mass is 32.2. The lowest BCUT2D eigenvalue weighted by molar-refractivity contribution is 0.632. The van der Waals surface area contributed by atoms with Crippen molar-refractivity contribution in [1.82, 2.24) is 15.1 Å². The fourth-order valence-electron chi connectivity index (χ4n) is 1.69. The van der Waals surface area contributed by atoms with Crippen molar-refractivity contribution in [2.45, 2.75) is 33.9 Å². The second-order valence-electron chi connectivity index (χ2n) is 3.63. The van der Waals surface area contributed by atoms with Crippen LogP contribution in [0.25, 0.3) is 0 Å². The average molecular weight is 227 g/mol. The van der Waals surface area contributed by atoms with Crippen LogP contribution in [0.1, 0.15) is 23.9 Å². The van der Waals surface area contributed by atoms with E-state index in [0.717, 1.165) is 25.3 Å². The molecule has 0 bridgehead atoms. The van der Waals surface area contributed by atoms with E-state index in [2.05, 4.69) is 42.1 Å². The number of rotatable bonds is 6. The molecule has 86 valence electrons. The van der Waals surface area contributed by atoms with Gasteiger partial charge in [-0.3, -0.25) is 4.68 Å². The summed E-state index contributed by atoms with van der Waals surface area (Å²) in [5, 5.41) is 7.95. The number of hydrogen-bond acceptors (Lipinski definition) is 3. The van der Waals surface area contributed by atoms with Gasteiger partial charge < -0.3 is 5.32 Å². The van der Waals surface area contributed by atoms with Crippen molar-refractivity contribution >= 4 is 11.8 Å². The highest BCUT2D eigenvalue weighted by Crippen LogP contribution is 2.12. The molecule has 15 heavy (non-hydrogen) atoms. The first-order valence-corrected chi connectivity index (χ1v) is 6.82. The van der Waals surface area contributed by atoms with E-state index in [1.165, 1.54) is 17.0 Å². The quantitative estimate of drug-likeness (QED) is 0.754. The molecule has 0 saturated carbocycles. The Labute approximate surface area is 96.6 Å². The third kappa shape index (κ3) is 3.24. The van der Waals surface area contributed by atoms with E-state index in [9.17, 15) is 0 Å². The minimum Gasteiger partial charge on any atom is -0.312 e. The fraction of sp³-hybridized carbons (Fsp3) is 0.727. The molecule has 1 aromatic rings. The molecule has 4 heteroatoms. The molecule has 0 spiro atoms. The molecular weight excluding hydrogens is 206 g/mol. The molecule has 0 aliphatic rings. The maximum Gasteiger partial charge on any atom is 0.0641 e. The lowest BCUT2D eigenvalue weighted by Gasteiger charge is -2.04. The normalized spacial score (nSPS) is 10.9. The van der Waals surface area contributed by atoms with Gasteiger partial charge in [-0.1, -0.05) is 0 Å². The summed E-state index contributed by atoms with van der Waals surface area (Å²) in [7, 11) is 0. The molecule has 0 aliphatic heterocycles. The summed E-state index contributed by atoms with van der Waals surface area (Å²) in [5.74, 6) is 1.17. The number of hydrogen-bond donors (Lipinski definition) is 1. The van der Waals surface area contributed by atoms with E-state index < -0.39 is 0 Å². The van der Waals surface area contributed by atoms with E-state index in [1.807, 2.05) is 11.8 Å². The van der Waals surface area contributed by atoms with E-state index in [0.29, 0.717) is 0 Å². The molecule has 1 heterocycles. The van der Waals surface area contributed by atoms with Crippen LogP contribution in [-0.2, 0) is 13.1 Å². The Balaban J connectivity index is 2.56. The molecule has 0 fully saturated rings. The van der Waals surface area contributed by atoms with Crippen molar-refractivity contribution in [3.63, 3.8) is 0 Å². The summed E-state index contributed by atoms with van der Waals surface area (Å²) in [6, 6.07) is 0. The maximum absolute atomic E-state index is 4.50. The molecule has 1 N–H and O–H groups in total. The zero-order valence-corrected chi connectivity index (χ0v) is 10.9. The third-order valence-corrected chi connectivity index (χ3v) is 3.23. The zero-order chi connectivity index (χ0) is 11.3. The number of nitrogens with one attached hydrogen (secondary N) is 1. The topological polar surface area (TPSA) is 29.9 Å². The number of thioether (sulfide) groups is 1. The van der Waals surface area contributed by atoms with Crippen molar-refractivity contribution in [3.8, 4) is 0 Å². The van der Waals surface area contributed by atoms with Gasteiger partial charge in [0, 0.05) is 36.6 Å². The molecular formula is C11H21N3S. The lowest BCUT2D eigenvalue weighted by atomic mass is 10.2. The van der Waals surface area contributed by atoms with Gasteiger partial charge in [0.1, 0.15) is 0 Å². The van der Waals surface area contributed by atoms with Crippen molar-refractivity contribution in [3.05, 3.63) is 17.0 Å². The van der Waals surface area contributed by atoms with Gasteiger partial charge in [0.25, 0.3) is 0 Å². The third-order valence-electron chi connectivity index (χ3n) is 2.62. The van der Waals surface area contributed by atoms with Crippen LogP contribution in [0.5, 0.6) is 0 Å². The van der Waals surface area contributed by atoms with Gasteiger partial charge in [-0.05, 0) is 27.0 Å². The number of nitrogens with zero attached hydrogens (tertiary/aromatic N) is 2. The van der Waals surface area contributed by atoms with Crippen molar-refractivity contribution in [2.24, 2.45) is 0 Å². The predicted molar refractivity (Wildman–Crippen MR) is 67.5 cm³/mol. The summed E-state index contributed by atoms with van der Waals surface area (Å²) in [6.07, 6.45) is 2.13. The van der Waals surface area contributed by atoms with E-state index >= 15 is 0 Å². The first-order chi connectivity index (χ1) is 7.20. The number of aromatic nitrogens is 2. The van der Waals surface area contributed by atoms with Crippen molar-refractivity contribution < 1.29 is 0 Å². The van der Waals surface area contributed by atoms with Crippen LogP contribution in [-0.4, -0.2) is 28.3 Å². The molecule has 3 nitrogen and oxygen atoms in total. The van der Waals surface area contributed by atoms with Gasteiger partial charge in [0.05, 0.1) is 5.69 Å². The Morgan fingerprint density at radius 3 is 2.67 bits per heavy atom. The molecule has 1 rings (SSSR count). The predicted octanol–water partition coefficient (Wildman–Crippen LogP) is 1.97. The van der Waals surface area contributed by atoms with Crippen LogP contribution in [0.3, 0.4) is 0 Å². The van der Waals surface area contributed by atoms with E-state index in [4.69, 9.17) is 0 Å². The molecule has 0 unspecified atom stereocenters.